The highest BCUT2D eigenvalue weighted by Crippen LogP contribution is 2.46. The minimum absolute atomic E-state index is 0.0332. The first-order valence-electron chi connectivity index (χ1n) is 6.88. The van der Waals surface area contributed by atoms with Crippen LogP contribution < -0.4 is 4.74 Å². The third-order valence-corrected chi connectivity index (χ3v) is 4.84. The zero-order valence-electron chi connectivity index (χ0n) is 11.9. The molecular formula is C17H24O. The maximum Gasteiger partial charge on any atom is 0.120 e. The van der Waals surface area contributed by atoms with Crippen LogP contribution in [0.2, 0.25) is 0 Å². The summed E-state index contributed by atoms with van der Waals surface area (Å²) in [5.41, 5.74) is 1.10. The van der Waals surface area contributed by atoms with E-state index in [0.717, 1.165) is 29.6 Å². The normalized spacial score (nSPS) is 35.4. The van der Waals surface area contributed by atoms with E-state index in [2.05, 4.69) is 46.4 Å². The van der Waals surface area contributed by atoms with Gasteiger partial charge >= 0.3 is 0 Å². The van der Waals surface area contributed by atoms with Crippen molar-refractivity contribution in [1.82, 2.24) is 0 Å². The van der Waals surface area contributed by atoms with E-state index in [9.17, 15) is 0 Å². The first-order valence-corrected chi connectivity index (χ1v) is 6.88. The molecule has 1 aromatic carbocycles. The van der Waals surface area contributed by atoms with Crippen molar-refractivity contribution < 1.29 is 4.74 Å². The molecule has 2 rings (SSSR count). The smallest absolute Gasteiger partial charge is 0.120 e. The van der Waals surface area contributed by atoms with Crippen molar-refractivity contribution in [2.24, 2.45) is 17.8 Å². The summed E-state index contributed by atoms with van der Waals surface area (Å²) in [5.74, 6) is 3.02. The van der Waals surface area contributed by atoms with E-state index in [1.54, 1.807) is 0 Å². The maximum atomic E-state index is 6.28. The van der Waals surface area contributed by atoms with Gasteiger partial charge in [-0.15, -0.1) is 0 Å². The molecule has 0 heterocycles. The molecule has 1 aliphatic rings. The Bertz CT molecular complexity index is 420. The highest BCUT2D eigenvalue weighted by atomic mass is 16.5. The van der Waals surface area contributed by atoms with E-state index in [1.165, 1.54) is 0 Å². The van der Waals surface area contributed by atoms with Crippen LogP contribution in [0.15, 0.2) is 30.8 Å². The topological polar surface area (TPSA) is 9.23 Å². The van der Waals surface area contributed by atoms with Crippen LogP contribution in [0.4, 0.5) is 0 Å². The Kier molecular flexibility index (Phi) is 3.52. The summed E-state index contributed by atoms with van der Waals surface area (Å²) >= 11 is 0. The fourth-order valence-corrected chi connectivity index (χ4v) is 3.14. The summed E-state index contributed by atoms with van der Waals surface area (Å²) in [4.78, 5) is 0. The molecule has 4 unspecified atom stereocenters. The molecule has 18 heavy (non-hydrogen) atoms. The lowest BCUT2D eigenvalue weighted by atomic mass is 9.89. The van der Waals surface area contributed by atoms with Crippen LogP contribution in [0.3, 0.4) is 0 Å². The van der Waals surface area contributed by atoms with Crippen LogP contribution in [-0.4, -0.2) is 5.60 Å². The summed E-state index contributed by atoms with van der Waals surface area (Å²) < 4.78 is 6.28. The monoisotopic (exact) mass is 244 g/mol. The summed E-state index contributed by atoms with van der Waals surface area (Å²) in [6.07, 6.45) is 2.99. The lowest BCUT2D eigenvalue weighted by molar-refractivity contribution is 0.0465. The van der Waals surface area contributed by atoms with E-state index in [0.29, 0.717) is 5.92 Å². The molecule has 0 saturated heterocycles. The highest BCUT2D eigenvalue weighted by molar-refractivity contribution is 5.48. The summed E-state index contributed by atoms with van der Waals surface area (Å²) in [6, 6.07) is 8.20. The molecule has 98 valence electrons. The molecule has 0 bridgehead atoms. The molecule has 1 heteroatoms. The molecule has 1 aliphatic carbocycles. The van der Waals surface area contributed by atoms with Crippen molar-refractivity contribution in [2.45, 2.75) is 39.7 Å². The second-order valence-corrected chi connectivity index (χ2v) is 6.02. The SMILES string of the molecule is C=Cc1ccc(OC2(C)CC(C)C(C)C2C)cc1. The first-order chi connectivity index (χ1) is 8.46. The van der Waals surface area contributed by atoms with Crippen LogP contribution in [0.1, 0.15) is 39.7 Å². The third-order valence-electron chi connectivity index (χ3n) is 4.84. The minimum atomic E-state index is -0.0332. The van der Waals surface area contributed by atoms with Gasteiger partial charge in [-0.3, -0.25) is 0 Å². The number of hydrogen-bond donors (Lipinski definition) is 0. The first kappa shape index (κ1) is 13.2. The second-order valence-electron chi connectivity index (χ2n) is 6.02. The molecule has 1 nitrogen and oxygen atoms in total. The van der Waals surface area contributed by atoms with Gasteiger partial charge in [0.1, 0.15) is 11.4 Å². The number of benzene rings is 1. The van der Waals surface area contributed by atoms with Crippen LogP contribution in [0, 0.1) is 17.8 Å². The van der Waals surface area contributed by atoms with E-state index >= 15 is 0 Å². The summed E-state index contributed by atoms with van der Waals surface area (Å²) in [6.45, 7) is 13.0. The van der Waals surface area contributed by atoms with Gasteiger partial charge in [-0.25, -0.2) is 0 Å². The molecule has 0 spiro atoms. The Morgan fingerprint density at radius 1 is 1.22 bits per heavy atom. The lowest BCUT2D eigenvalue weighted by Crippen LogP contribution is -2.36. The van der Waals surface area contributed by atoms with Crippen molar-refractivity contribution in [3.8, 4) is 5.75 Å². The molecule has 4 atom stereocenters. The quantitative estimate of drug-likeness (QED) is 0.743. The molecule has 0 radical (unpaired) electrons. The lowest BCUT2D eigenvalue weighted by Gasteiger charge is -2.31. The van der Waals surface area contributed by atoms with E-state index < -0.39 is 0 Å². The van der Waals surface area contributed by atoms with Crippen molar-refractivity contribution in [2.75, 3.05) is 0 Å². The molecule has 0 aliphatic heterocycles. The minimum Gasteiger partial charge on any atom is -0.487 e. The largest absolute Gasteiger partial charge is 0.487 e. The standard InChI is InChI=1S/C17H24O/c1-6-15-7-9-16(10-8-15)18-17(5)11-12(2)13(3)14(17)4/h6-10,12-14H,1,11H2,2-5H3. The van der Waals surface area contributed by atoms with Gasteiger partial charge in [-0.05, 0) is 48.8 Å². The predicted molar refractivity (Wildman–Crippen MR) is 77.7 cm³/mol. The average molecular weight is 244 g/mol. The zero-order valence-corrected chi connectivity index (χ0v) is 11.9. The predicted octanol–water partition coefficient (Wildman–Crippen LogP) is 4.78. The van der Waals surface area contributed by atoms with Gasteiger partial charge in [-0.1, -0.05) is 45.6 Å². The van der Waals surface area contributed by atoms with Gasteiger partial charge in [0.2, 0.25) is 0 Å². The fraction of sp³-hybridized carbons (Fsp3) is 0.529. The molecule has 0 amide bonds. The Balaban J connectivity index is 2.15. The van der Waals surface area contributed by atoms with Gasteiger partial charge in [0, 0.05) is 0 Å². The van der Waals surface area contributed by atoms with Crippen LogP contribution in [-0.2, 0) is 0 Å². The highest BCUT2D eigenvalue weighted by Gasteiger charge is 2.46. The van der Waals surface area contributed by atoms with E-state index in [4.69, 9.17) is 4.74 Å². The Labute approximate surface area is 111 Å². The average Bonchev–Trinajstić information content (AvgIpc) is 2.54. The van der Waals surface area contributed by atoms with E-state index in [1.807, 2.05) is 18.2 Å². The molecule has 0 aromatic heterocycles. The maximum absolute atomic E-state index is 6.28. The van der Waals surface area contributed by atoms with Gasteiger partial charge in [0.15, 0.2) is 0 Å². The molecule has 0 N–H and O–H groups in total. The molecule has 1 fully saturated rings. The Hall–Kier alpha value is -1.24. The van der Waals surface area contributed by atoms with Gasteiger partial charge in [-0.2, -0.15) is 0 Å². The summed E-state index contributed by atoms with van der Waals surface area (Å²) in [5, 5.41) is 0. The van der Waals surface area contributed by atoms with Crippen molar-refractivity contribution in [1.29, 1.82) is 0 Å². The zero-order chi connectivity index (χ0) is 13.3. The van der Waals surface area contributed by atoms with Crippen molar-refractivity contribution >= 4 is 6.08 Å². The summed E-state index contributed by atoms with van der Waals surface area (Å²) in [7, 11) is 0. The van der Waals surface area contributed by atoms with Crippen LogP contribution in [0.25, 0.3) is 6.08 Å². The van der Waals surface area contributed by atoms with Gasteiger partial charge in [0.05, 0.1) is 0 Å². The second kappa shape index (κ2) is 4.79. The fourth-order valence-electron chi connectivity index (χ4n) is 3.14. The van der Waals surface area contributed by atoms with Crippen molar-refractivity contribution in [3.63, 3.8) is 0 Å². The van der Waals surface area contributed by atoms with Crippen LogP contribution in [0.5, 0.6) is 5.75 Å². The Morgan fingerprint density at radius 2 is 1.83 bits per heavy atom. The van der Waals surface area contributed by atoms with Gasteiger partial charge < -0.3 is 4.74 Å². The third kappa shape index (κ3) is 2.31. The number of rotatable bonds is 3. The molecule has 1 aromatic rings. The van der Waals surface area contributed by atoms with Crippen LogP contribution >= 0.6 is 0 Å². The van der Waals surface area contributed by atoms with Gasteiger partial charge in [0.25, 0.3) is 0 Å². The molecule has 1 saturated carbocycles. The Morgan fingerprint density at radius 3 is 2.28 bits per heavy atom. The van der Waals surface area contributed by atoms with E-state index in [-0.39, 0.29) is 5.60 Å². The van der Waals surface area contributed by atoms with Crippen molar-refractivity contribution in [3.05, 3.63) is 36.4 Å². The number of hydrogen-bond acceptors (Lipinski definition) is 1. The molecular weight excluding hydrogens is 220 g/mol. The number of ether oxygens (including phenoxy) is 1.